The number of alkyl halides is 4. The first-order valence-corrected chi connectivity index (χ1v) is 6.03. The number of rotatable bonds is 5. The maximum atomic E-state index is 12.2. The van der Waals surface area contributed by atoms with Crippen molar-refractivity contribution in [3.63, 3.8) is 0 Å². The van der Waals surface area contributed by atoms with E-state index >= 15 is 0 Å². The molecular weight excluding hydrogens is 317 g/mol. The van der Waals surface area contributed by atoms with Crippen LogP contribution in [0.2, 0.25) is 0 Å². The van der Waals surface area contributed by atoms with Crippen LogP contribution in [0, 0.1) is 0 Å². The number of Topliss-reactive ketones (excluding diaryl/α,β-unsaturated/α-hetero) is 1. The van der Waals surface area contributed by atoms with Gasteiger partial charge in [0, 0.05) is 11.8 Å². The van der Waals surface area contributed by atoms with Gasteiger partial charge in [-0.3, -0.25) is 4.79 Å². The summed E-state index contributed by atoms with van der Waals surface area (Å²) in [7, 11) is 1.18. The highest BCUT2D eigenvalue weighted by Gasteiger charge is 2.33. The van der Waals surface area contributed by atoms with E-state index in [2.05, 4.69) is 20.7 Å². The van der Waals surface area contributed by atoms with Gasteiger partial charge in [-0.1, -0.05) is 22.0 Å². The van der Waals surface area contributed by atoms with E-state index in [0.29, 0.717) is 5.33 Å². The van der Waals surface area contributed by atoms with Crippen molar-refractivity contribution in [2.75, 3.05) is 12.4 Å². The van der Waals surface area contributed by atoms with Crippen molar-refractivity contribution in [1.82, 2.24) is 0 Å². The lowest BCUT2D eigenvalue weighted by Crippen LogP contribution is -2.18. The average molecular weight is 327 g/mol. The number of ketones is 1. The van der Waals surface area contributed by atoms with E-state index < -0.39 is 12.1 Å². The monoisotopic (exact) mass is 326 g/mol. The molecule has 0 bridgehead atoms. The van der Waals surface area contributed by atoms with Gasteiger partial charge in [0.1, 0.15) is 0 Å². The van der Waals surface area contributed by atoms with Gasteiger partial charge in [-0.25, -0.2) is 0 Å². The summed E-state index contributed by atoms with van der Waals surface area (Å²) in [5.74, 6) is -1.05. The number of hydrogen-bond donors (Lipinski definition) is 0. The van der Waals surface area contributed by atoms with Crippen molar-refractivity contribution in [3.05, 3.63) is 23.8 Å². The Morgan fingerprint density at radius 1 is 1.39 bits per heavy atom. The van der Waals surface area contributed by atoms with E-state index in [-0.39, 0.29) is 23.5 Å². The number of methoxy groups -OCH3 is 1. The molecule has 0 atom stereocenters. The summed E-state index contributed by atoms with van der Waals surface area (Å²) in [6.07, 6.45) is -4.67. The van der Waals surface area contributed by atoms with Crippen LogP contribution in [-0.4, -0.2) is 24.6 Å². The summed E-state index contributed by atoms with van der Waals surface area (Å²) in [6, 6.07) is 3.80. The Bertz CT molecular complexity index is 432. The van der Waals surface area contributed by atoms with E-state index in [1.54, 1.807) is 0 Å². The SMILES string of the molecule is COc1c(OC(F)(F)F)cccc1C(=O)CCBr. The maximum Gasteiger partial charge on any atom is 0.573 e. The second-order valence-corrected chi connectivity index (χ2v) is 4.04. The number of benzene rings is 1. The van der Waals surface area contributed by atoms with Crippen molar-refractivity contribution in [2.24, 2.45) is 0 Å². The third kappa shape index (κ3) is 3.90. The molecule has 18 heavy (non-hydrogen) atoms. The van der Waals surface area contributed by atoms with Crippen molar-refractivity contribution in [1.29, 1.82) is 0 Å². The fourth-order valence-corrected chi connectivity index (χ4v) is 1.73. The Labute approximate surface area is 110 Å². The van der Waals surface area contributed by atoms with Crippen LogP contribution in [0.1, 0.15) is 16.8 Å². The van der Waals surface area contributed by atoms with Gasteiger partial charge in [-0.2, -0.15) is 0 Å². The third-order valence-electron chi connectivity index (χ3n) is 2.03. The summed E-state index contributed by atoms with van der Waals surface area (Å²) in [6.45, 7) is 0. The molecule has 0 aliphatic carbocycles. The van der Waals surface area contributed by atoms with Crippen LogP contribution < -0.4 is 9.47 Å². The fraction of sp³-hybridized carbons (Fsp3) is 0.364. The number of ether oxygens (including phenoxy) is 2. The summed E-state index contributed by atoms with van der Waals surface area (Å²) in [5.41, 5.74) is 0.0682. The van der Waals surface area contributed by atoms with Crippen LogP contribution in [0.3, 0.4) is 0 Å². The Morgan fingerprint density at radius 3 is 2.56 bits per heavy atom. The molecule has 0 radical (unpaired) electrons. The number of hydrogen-bond acceptors (Lipinski definition) is 3. The summed E-state index contributed by atoms with van der Waals surface area (Å²) in [4.78, 5) is 11.7. The second-order valence-electron chi connectivity index (χ2n) is 3.25. The van der Waals surface area contributed by atoms with E-state index in [1.807, 2.05) is 0 Å². The summed E-state index contributed by atoms with van der Waals surface area (Å²) < 4.78 is 45.1. The van der Waals surface area contributed by atoms with Gasteiger partial charge < -0.3 is 9.47 Å². The zero-order chi connectivity index (χ0) is 13.8. The average Bonchev–Trinajstić information content (AvgIpc) is 2.27. The Morgan fingerprint density at radius 2 is 2.06 bits per heavy atom. The molecule has 0 amide bonds. The molecule has 100 valence electrons. The lowest BCUT2D eigenvalue weighted by Gasteiger charge is -2.14. The molecule has 0 spiro atoms. The Hall–Kier alpha value is -1.24. The van der Waals surface area contributed by atoms with Crippen molar-refractivity contribution in [3.8, 4) is 11.5 Å². The first-order valence-electron chi connectivity index (χ1n) is 4.91. The summed E-state index contributed by atoms with van der Waals surface area (Å²) >= 11 is 3.09. The molecule has 0 aliphatic heterocycles. The fourth-order valence-electron chi connectivity index (χ4n) is 1.37. The molecule has 0 saturated carbocycles. The highest BCUT2D eigenvalue weighted by molar-refractivity contribution is 9.09. The largest absolute Gasteiger partial charge is 0.573 e. The van der Waals surface area contributed by atoms with Crippen LogP contribution >= 0.6 is 15.9 Å². The zero-order valence-corrected chi connectivity index (χ0v) is 11.0. The molecule has 0 aliphatic rings. The van der Waals surface area contributed by atoms with Gasteiger partial charge in [-0.05, 0) is 12.1 Å². The minimum absolute atomic E-state index is 0.0682. The van der Waals surface area contributed by atoms with Crippen LogP contribution in [0.25, 0.3) is 0 Å². The van der Waals surface area contributed by atoms with Crippen LogP contribution in [-0.2, 0) is 0 Å². The Balaban J connectivity index is 3.14. The van der Waals surface area contributed by atoms with Crippen molar-refractivity contribution >= 4 is 21.7 Å². The molecule has 0 fully saturated rings. The van der Waals surface area contributed by atoms with Crippen molar-refractivity contribution < 1.29 is 27.4 Å². The molecule has 0 aromatic heterocycles. The molecule has 1 rings (SSSR count). The van der Waals surface area contributed by atoms with E-state index in [4.69, 9.17) is 4.74 Å². The highest BCUT2D eigenvalue weighted by atomic mass is 79.9. The molecule has 3 nitrogen and oxygen atoms in total. The predicted octanol–water partition coefficient (Wildman–Crippen LogP) is 3.56. The van der Waals surface area contributed by atoms with Gasteiger partial charge in [0.15, 0.2) is 17.3 Å². The van der Waals surface area contributed by atoms with E-state index in [9.17, 15) is 18.0 Å². The van der Waals surface area contributed by atoms with Crippen molar-refractivity contribution in [2.45, 2.75) is 12.8 Å². The van der Waals surface area contributed by atoms with Gasteiger partial charge in [0.05, 0.1) is 12.7 Å². The summed E-state index contributed by atoms with van der Waals surface area (Å²) in [5, 5.41) is 0.416. The lowest BCUT2D eigenvalue weighted by molar-refractivity contribution is -0.275. The molecule has 0 saturated heterocycles. The normalized spacial score (nSPS) is 11.2. The predicted molar refractivity (Wildman–Crippen MR) is 62.4 cm³/mol. The Kier molecular flexibility index (Phi) is 5.01. The zero-order valence-electron chi connectivity index (χ0n) is 9.38. The highest BCUT2D eigenvalue weighted by Crippen LogP contribution is 2.35. The van der Waals surface area contributed by atoms with Crippen LogP contribution in [0.5, 0.6) is 11.5 Å². The molecule has 1 aromatic rings. The van der Waals surface area contributed by atoms with Gasteiger partial charge in [0.2, 0.25) is 0 Å². The van der Waals surface area contributed by atoms with Crippen LogP contribution in [0.15, 0.2) is 18.2 Å². The molecule has 1 aromatic carbocycles. The minimum Gasteiger partial charge on any atom is -0.492 e. The smallest absolute Gasteiger partial charge is 0.492 e. The van der Waals surface area contributed by atoms with E-state index in [0.717, 1.165) is 6.07 Å². The topological polar surface area (TPSA) is 35.5 Å². The minimum atomic E-state index is -4.83. The second kappa shape index (κ2) is 6.08. The van der Waals surface area contributed by atoms with Gasteiger partial charge in [-0.15, -0.1) is 13.2 Å². The maximum absolute atomic E-state index is 12.2. The first-order chi connectivity index (χ1) is 8.39. The molecular formula is C11H10BrF3O3. The number of para-hydroxylation sites is 1. The molecule has 0 unspecified atom stereocenters. The van der Waals surface area contributed by atoms with E-state index in [1.165, 1.54) is 19.2 Å². The molecule has 7 heteroatoms. The first kappa shape index (κ1) is 14.8. The molecule has 0 N–H and O–H groups in total. The lowest BCUT2D eigenvalue weighted by atomic mass is 10.1. The number of carbonyl (C=O) groups is 1. The number of carbonyl (C=O) groups excluding carboxylic acids is 1. The quantitative estimate of drug-likeness (QED) is 0.613. The number of halogens is 4. The molecule has 0 heterocycles. The van der Waals surface area contributed by atoms with Gasteiger partial charge in [0.25, 0.3) is 0 Å². The van der Waals surface area contributed by atoms with Gasteiger partial charge >= 0.3 is 6.36 Å². The van der Waals surface area contributed by atoms with Crippen LogP contribution in [0.4, 0.5) is 13.2 Å². The standard InChI is InChI=1S/C11H10BrF3O3/c1-17-10-7(8(16)5-6-12)3-2-4-9(10)18-11(13,14)15/h2-4H,5-6H2,1H3. The third-order valence-corrected chi connectivity index (χ3v) is 2.43.